The standard InChI is InChI=1S/C13H17N5O/c14-7-1-2-13(19)17-12-5-3-11(4-6-12)8-18-10-15-9-16-18/h3-6,9-10H,1-2,7-8,14H2,(H,17,19). The molecule has 1 aromatic carbocycles. The quantitative estimate of drug-likeness (QED) is 0.810. The van der Waals surface area contributed by atoms with Gasteiger partial charge in [-0.1, -0.05) is 12.1 Å². The first-order valence-corrected chi connectivity index (χ1v) is 6.19. The molecule has 19 heavy (non-hydrogen) atoms. The SMILES string of the molecule is NCCCC(=O)Nc1ccc(Cn2cncn2)cc1. The largest absolute Gasteiger partial charge is 0.330 e. The number of carbonyl (C=O) groups excluding carboxylic acids is 1. The number of nitrogens with zero attached hydrogens (tertiary/aromatic N) is 3. The second-order valence-electron chi connectivity index (χ2n) is 4.23. The number of aromatic nitrogens is 3. The molecule has 0 saturated carbocycles. The van der Waals surface area contributed by atoms with Gasteiger partial charge in [-0.25, -0.2) is 9.67 Å². The lowest BCUT2D eigenvalue weighted by Gasteiger charge is -2.06. The highest BCUT2D eigenvalue weighted by Crippen LogP contribution is 2.11. The highest BCUT2D eigenvalue weighted by molar-refractivity contribution is 5.90. The van der Waals surface area contributed by atoms with E-state index in [0.29, 0.717) is 25.9 Å². The molecule has 2 rings (SSSR count). The summed E-state index contributed by atoms with van der Waals surface area (Å²) in [7, 11) is 0. The molecule has 0 radical (unpaired) electrons. The van der Waals surface area contributed by atoms with Crippen molar-refractivity contribution in [3.05, 3.63) is 42.5 Å². The maximum Gasteiger partial charge on any atom is 0.224 e. The van der Waals surface area contributed by atoms with Crippen LogP contribution in [0.1, 0.15) is 18.4 Å². The lowest BCUT2D eigenvalue weighted by atomic mass is 10.2. The van der Waals surface area contributed by atoms with Crippen LogP contribution in [0.25, 0.3) is 0 Å². The lowest BCUT2D eigenvalue weighted by molar-refractivity contribution is -0.116. The number of rotatable bonds is 6. The third-order valence-electron chi connectivity index (χ3n) is 2.66. The highest BCUT2D eigenvalue weighted by atomic mass is 16.1. The number of hydrogen-bond acceptors (Lipinski definition) is 4. The van der Waals surface area contributed by atoms with Crippen LogP contribution in [0.2, 0.25) is 0 Å². The van der Waals surface area contributed by atoms with Crippen LogP contribution in [-0.2, 0) is 11.3 Å². The predicted octanol–water partition coefficient (Wildman–Crippen LogP) is 1.00. The number of nitrogens with two attached hydrogens (primary N) is 1. The van der Waals surface area contributed by atoms with Crippen LogP contribution in [0.3, 0.4) is 0 Å². The minimum absolute atomic E-state index is 0.00511. The average molecular weight is 259 g/mol. The van der Waals surface area contributed by atoms with E-state index in [2.05, 4.69) is 15.4 Å². The molecule has 0 aliphatic carbocycles. The smallest absolute Gasteiger partial charge is 0.224 e. The zero-order chi connectivity index (χ0) is 13.5. The van der Waals surface area contributed by atoms with E-state index < -0.39 is 0 Å². The Morgan fingerprint density at radius 3 is 2.74 bits per heavy atom. The number of anilines is 1. The molecule has 6 nitrogen and oxygen atoms in total. The molecule has 0 unspecified atom stereocenters. The van der Waals surface area contributed by atoms with Gasteiger partial charge in [-0.05, 0) is 30.7 Å². The van der Waals surface area contributed by atoms with Crippen LogP contribution in [0, 0.1) is 0 Å². The lowest BCUT2D eigenvalue weighted by Crippen LogP contribution is -2.13. The Balaban J connectivity index is 1.89. The van der Waals surface area contributed by atoms with E-state index in [1.165, 1.54) is 6.33 Å². The van der Waals surface area contributed by atoms with Crippen molar-refractivity contribution >= 4 is 11.6 Å². The maximum atomic E-state index is 11.5. The van der Waals surface area contributed by atoms with Gasteiger partial charge in [0.1, 0.15) is 12.7 Å². The molecule has 0 aliphatic rings. The van der Waals surface area contributed by atoms with E-state index in [1.54, 1.807) is 11.0 Å². The van der Waals surface area contributed by atoms with Gasteiger partial charge in [0, 0.05) is 12.1 Å². The van der Waals surface area contributed by atoms with Crippen LogP contribution in [-0.4, -0.2) is 27.2 Å². The summed E-state index contributed by atoms with van der Waals surface area (Å²) in [6.07, 6.45) is 4.34. The molecule has 2 aromatic rings. The van der Waals surface area contributed by atoms with Gasteiger partial charge in [-0.15, -0.1) is 0 Å². The van der Waals surface area contributed by atoms with Crippen molar-refractivity contribution in [2.75, 3.05) is 11.9 Å². The van der Waals surface area contributed by atoms with Crippen molar-refractivity contribution in [3.63, 3.8) is 0 Å². The van der Waals surface area contributed by atoms with Crippen LogP contribution in [0.5, 0.6) is 0 Å². The molecule has 6 heteroatoms. The Morgan fingerprint density at radius 1 is 1.32 bits per heavy atom. The van der Waals surface area contributed by atoms with Gasteiger partial charge < -0.3 is 11.1 Å². The van der Waals surface area contributed by atoms with Crippen LogP contribution >= 0.6 is 0 Å². The molecule has 0 fully saturated rings. The molecule has 0 spiro atoms. The summed E-state index contributed by atoms with van der Waals surface area (Å²) in [5.74, 6) is -0.00511. The van der Waals surface area contributed by atoms with E-state index >= 15 is 0 Å². The summed E-state index contributed by atoms with van der Waals surface area (Å²) in [6.45, 7) is 1.20. The van der Waals surface area contributed by atoms with Crippen molar-refractivity contribution in [1.29, 1.82) is 0 Å². The van der Waals surface area contributed by atoms with Crippen molar-refractivity contribution in [3.8, 4) is 0 Å². The van der Waals surface area contributed by atoms with E-state index in [4.69, 9.17) is 5.73 Å². The van der Waals surface area contributed by atoms with E-state index in [9.17, 15) is 4.79 Å². The normalized spacial score (nSPS) is 10.4. The first-order chi connectivity index (χ1) is 9.28. The third kappa shape index (κ3) is 4.18. The summed E-state index contributed by atoms with van der Waals surface area (Å²) in [5.41, 5.74) is 7.26. The maximum absolute atomic E-state index is 11.5. The highest BCUT2D eigenvalue weighted by Gasteiger charge is 2.02. The van der Waals surface area contributed by atoms with Crippen molar-refractivity contribution in [2.45, 2.75) is 19.4 Å². The Labute approximate surface area is 111 Å². The summed E-state index contributed by atoms with van der Waals surface area (Å²) in [4.78, 5) is 15.4. The summed E-state index contributed by atoms with van der Waals surface area (Å²) >= 11 is 0. The van der Waals surface area contributed by atoms with Crippen molar-refractivity contribution in [1.82, 2.24) is 14.8 Å². The molecule has 3 N–H and O–H groups in total. The number of benzene rings is 1. The molecule has 1 aromatic heterocycles. The van der Waals surface area contributed by atoms with Gasteiger partial charge >= 0.3 is 0 Å². The summed E-state index contributed by atoms with van der Waals surface area (Å²) in [5, 5.41) is 6.87. The molecule has 0 atom stereocenters. The number of carbonyl (C=O) groups is 1. The van der Waals surface area contributed by atoms with Gasteiger partial charge in [-0.2, -0.15) is 5.10 Å². The van der Waals surface area contributed by atoms with E-state index in [0.717, 1.165) is 11.3 Å². The first kappa shape index (κ1) is 13.2. The van der Waals surface area contributed by atoms with Crippen molar-refractivity contribution < 1.29 is 4.79 Å². The minimum atomic E-state index is -0.00511. The fraction of sp³-hybridized carbons (Fsp3) is 0.308. The molecule has 1 amide bonds. The Kier molecular flexibility index (Phi) is 4.63. The van der Waals surface area contributed by atoms with E-state index in [-0.39, 0.29) is 5.91 Å². The Bertz CT molecular complexity index is 506. The van der Waals surface area contributed by atoms with E-state index in [1.807, 2.05) is 24.3 Å². The van der Waals surface area contributed by atoms with Gasteiger partial charge in [0.25, 0.3) is 0 Å². The Morgan fingerprint density at radius 2 is 2.11 bits per heavy atom. The third-order valence-corrected chi connectivity index (χ3v) is 2.66. The number of hydrogen-bond donors (Lipinski definition) is 2. The number of amides is 1. The molecule has 0 saturated heterocycles. The molecular formula is C13H17N5O. The molecule has 1 heterocycles. The fourth-order valence-corrected chi connectivity index (χ4v) is 1.68. The molecule has 0 bridgehead atoms. The Hall–Kier alpha value is -2.21. The van der Waals surface area contributed by atoms with Crippen LogP contribution in [0.15, 0.2) is 36.9 Å². The van der Waals surface area contributed by atoms with Crippen LogP contribution < -0.4 is 11.1 Å². The zero-order valence-electron chi connectivity index (χ0n) is 10.6. The summed E-state index contributed by atoms with van der Waals surface area (Å²) < 4.78 is 1.74. The van der Waals surface area contributed by atoms with Gasteiger partial charge in [0.15, 0.2) is 0 Å². The van der Waals surface area contributed by atoms with Crippen molar-refractivity contribution in [2.24, 2.45) is 5.73 Å². The zero-order valence-corrected chi connectivity index (χ0v) is 10.6. The summed E-state index contributed by atoms with van der Waals surface area (Å²) in [6, 6.07) is 7.68. The second-order valence-corrected chi connectivity index (χ2v) is 4.23. The minimum Gasteiger partial charge on any atom is -0.330 e. The average Bonchev–Trinajstić information content (AvgIpc) is 2.91. The fourth-order valence-electron chi connectivity index (χ4n) is 1.68. The topological polar surface area (TPSA) is 85.8 Å². The predicted molar refractivity (Wildman–Crippen MR) is 72.5 cm³/mol. The van der Waals surface area contributed by atoms with Crippen LogP contribution in [0.4, 0.5) is 5.69 Å². The van der Waals surface area contributed by atoms with Gasteiger partial charge in [0.2, 0.25) is 5.91 Å². The van der Waals surface area contributed by atoms with Gasteiger partial charge in [-0.3, -0.25) is 4.79 Å². The second kappa shape index (κ2) is 6.65. The molecule has 0 aliphatic heterocycles. The molecule has 100 valence electrons. The monoisotopic (exact) mass is 259 g/mol. The van der Waals surface area contributed by atoms with Gasteiger partial charge in [0.05, 0.1) is 6.54 Å². The first-order valence-electron chi connectivity index (χ1n) is 6.19. The number of nitrogens with one attached hydrogen (secondary N) is 1. The molecular weight excluding hydrogens is 242 g/mol.